The van der Waals surface area contributed by atoms with Crippen molar-refractivity contribution in [2.45, 2.75) is 110 Å². The predicted molar refractivity (Wildman–Crippen MR) is 141 cm³/mol. The molecule has 0 aliphatic heterocycles. The predicted octanol–water partition coefficient (Wildman–Crippen LogP) is 8.91. The molecule has 0 aromatic rings. The number of hydrogen-bond donors (Lipinski definition) is 1. The molecule has 4 aliphatic carbocycles. The Kier molecular flexibility index (Phi) is 7.87. The van der Waals surface area contributed by atoms with Gasteiger partial charge in [0.2, 0.25) is 0 Å². The molecule has 0 spiro atoms. The van der Waals surface area contributed by atoms with E-state index in [1.165, 1.54) is 70.6 Å². The minimum atomic E-state index is 0.507. The van der Waals surface area contributed by atoms with E-state index in [2.05, 4.69) is 56.2 Å². The Balaban J connectivity index is 1.45. The highest BCUT2D eigenvalue weighted by molar-refractivity contribution is 8.76. The Labute approximate surface area is 201 Å². The van der Waals surface area contributed by atoms with Gasteiger partial charge in [0, 0.05) is 5.25 Å². The van der Waals surface area contributed by atoms with Gasteiger partial charge in [-0.25, -0.2) is 0 Å². The van der Waals surface area contributed by atoms with Gasteiger partial charge in [-0.1, -0.05) is 76.3 Å². The SMILES string of the molecule is CNSSC1CCC2(C)C(=CCC3C2CCC2(C)C(C(C)CCCC(C)C)CCC32)C1. The first-order chi connectivity index (χ1) is 14.8. The van der Waals surface area contributed by atoms with Gasteiger partial charge in [-0.05, 0) is 116 Å². The van der Waals surface area contributed by atoms with Gasteiger partial charge >= 0.3 is 0 Å². The van der Waals surface area contributed by atoms with E-state index >= 15 is 0 Å². The standard InChI is InChI=1S/C28H49NS2/c1-19(2)8-7-9-20(3)24-12-13-25-23-11-10-21-18-22(30-31-29-6)14-16-27(21,4)26(23)15-17-28(24,25)5/h10,19-20,22-26,29H,7-9,11-18H2,1-6H3. The number of fused-ring (bicyclic) bond motifs is 5. The molecule has 0 amide bonds. The minimum Gasteiger partial charge on any atom is -0.258 e. The smallest absolute Gasteiger partial charge is 0.0201 e. The van der Waals surface area contributed by atoms with Crippen LogP contribution in [0.3, 0.4) is 0 Å². The Hall–Kier alpha value is 0.400. The second kappa shape index (κ2) is 9.95. The van der Waals surface area contributed by atoms with Gasteiger partial charge in [-0.2, -0.15) is 0 Å². The van der Waals surface area contributed by atoms with E-state index in [1.807, 2.05) is 23.6 Å². The normalized spacial score (nSPS) is 43.2. The fourth-order valence-corrected chi connectivity index (χ4v) is 10.7. The van der Waals surface area contributed by atoms with Gasteiger partial charge in [0.05, 0.1) is 0 Å². The van der Waals surface area contributed by atoms with E-state index < -0.39 is 0 Å². The summed E-state index contributed by atoms with van der Waals surface area (Å²) in [5, 5.41) is 0.810. The first kappa shape index (κ1) is 24.5. The van der Waals surface area contributed by atoms with E-state index in [0.717, 1.165) is 40.8 Å². The fourth-order valence-electron chi connectivity index (χ4n) is 8.85. The Bertz CT molecular complexity index is 645. The van der Waals surface area contributed by atoms with Gasteiger partial charge in [0.15, 0.2) is 0 Å². The summed E-state index contributed by atoms with van der Waals surface area (Å²) in [6.45, 7) is 12.8. The highest BCUT2D eigenvalue weighted by atomic mass is 33.1. The summed E-state index contributed by atoms with van der Waals surface area (Å²) in [5.41, 5.74) is 2.97. The molecule has 4 aliphatic rings. The Morgan fingerprint density at radius 2 is 1.84 bits per heavy atom. The largest absolute Gasteiger partial charge is 0.258 e. The fraction of sp³-hybridized carbons (Fsp3) is 0.929. The van der Waals surface area contributed by atoms with Crippen molar-refractivity contribution >= 4 is 21.8 Å². The van der Waals surface area contributed by atoms with Crippen molar-refractivity contribution < 1.29 is 0 Å². The molecule has 8 unspecified atom stereocenters. The zero-order valence-electron chi connectivity index (χ0n) is 21.2. The second-order valence-corrected chi connectivity index (χ2v) is 15.0. The number of allylic oxidation sites excluding steroid dienone is 2. The van der Waals surface area contributed by atoms with Crippen molar-refractivity contribution in [2.75, 3.05) is 7.05 Å². The molecule has 4 rings (SSSR count). The molecule has 0 aromatic heterocycles. The van der Waals surface area contributed by atoms with E-state index in [0.29, 0.717) is 10.8 Å². The first-order valence-electron chi connectivity index (χ1n) is 13.5. The van der Waals surface area contributed by atoms with Crippen LogP contribution in [0, 0.1) is 46.3 Å². The lowest BCUT2D eigenvalue weighted by atomic mass is 9.47. The van der Waals surface area contributed by atoms with Crippen LogP contribution in [-0.2, 0) is 0 Å². The number of rotatable bonds is 8. The molecule has 3 fully saturated rings. The molecule has 0 radical (unpaired) electrons. The van der Waals surface area contributed by atoms with Crippen molar-refractivity contribution in [1.29, 1.82) is 0 Å². The molecule has 3 saturated carbocycles. The van der Waals surface area contributed by atoms with Crippen LogP contribution in [-0.4, -0.2) is 12.3 Å². The van der Waals surface area contributed by atoms with Gasteiger partial charge < -0.3 is 0 Å². The maximum atomic E-state index is 3.26. The summed E-state index contributed by atoms with van der Waals surface area (Å²) in [4.78, 5) is 0. The molecular formula is C28H49NS2. The van der Waals surface area contributed by atoms with Crippen LogP contribution in [0.1, 0.15) is 105 Å². The lowest BCUT2D eigenvalue weighted by molar-refractivity contribution is -0.0497. The minimum absolute atomic E-state index is 0.507. The van der Waals surface area contributed by atoms with Crippen LogP contribution in [0.2, 0.25) is 0 Å². The van der Waals surface area contributed by atoms with E-state index in [1.54, 1.807) is 0 Å². The molecule has 1 nitrogen and oxygen atoms in total. The summed E-state index contributed by atoms with van der Waals surface area (Å²) >= 11 is 0. The van der Waals surface area contributed by atoms with Crippen LogP contribution < -0.4 is 4.72 Å². The monoisotopic (exact) mass is 463 g/mol. The lowest BCUT2D eigenvalue weighted by Gasteiger charge is -2.58. The van der Waals surface area contributed by atoms with Gasteiger partial charge in [-0.3, -0.25) is 4.72 Å². The maximum Gasteiger partial charge on any atom is 0.0201 e. The molecule has 0 aromatic carbocycles. The Morgan fingerprint density at radius 3 is 2.58 bits per heavy atom. The van der Waals surface area contributed by atoms with Crippen molar-refractivity contribution in [2.24, 2.45) is 46.3 Å². The maximum absolute atomic E-state index is 3.26. The van der Waals surface area contributed by atoms with Crippen molar-refractivity contribution in [3.05, 3.63) is 11.6 Å². The third-order valence-corrected chi connectivity index (χ3v) is 13.1. The third kappa shape index (κ3) is 4.68. The molecule has 0 saturated heterocycles. The van der Waals surface area contributed by atoms with Crippen molar-refractivity contribution in [1.82, 2.24) is 4.72 Å². The van der Waals surface area contributed by atoms with E-state index in [4.69, 9.17) is 0 Å². The number of hydrogen-bond acceptors (Lipinski definition) is 3. The summed E-state index contributed by atoms with van der Waals surface area (Å²) in [5.74, 6) is 5.69. The second-order valence-electron chi connectivity index (χ2n) is 12.5. The van der Waals surface area contributed by atoms with Gasteiger partial charge in [0.1, 0.15) is 0 Å². The quantitative estimate of drug-likeness (QED) is 0.219. The summed E-state index contributed by atoms with van der Waals surface area (Å²) < 4.78 is 3.26. The topological polar surface area (TPSA) is 12.0 Å². The zero-order valence-corrected chi connectivity index (χ0v) is 22.8. The summed E-state index contributed by atoms with van der Waals surface area (Å²) in [6.07, 6.45) is 18.7. The molecule has 1 N–H and O–H groups in total. The molecule has 0 bridgehead atoms. The molecule has 8 atom stereocenters. The first-order valence-corrected chi connectivity index (χ1v) is 15.7. The van der Waals surface area contributed by atoms with Gasteiger partial charge in [0.25, 0.3) is 0 Å². The average Bonchev–Trinajstić information content (AvgIpc) is 3.09. The van der Waals surface area contributed by atoms with E-state index in [-0.39, 0.29) is 0 Å². The Morgan fingerprint density at radius 1 is 1.03 bits per heavy atom. The van der Waals surface area contributed by atoms with Crippen molar-refractivity contribution in [3.8, 4) is 0 Å². The average molecular weight is 464 g/mol. The van der Waals surface area contributed by atoms with Crippen LogP contribution >= 0.6 is 21.8 Å². The molecule has 31 heavy (non-hydrogen) atoms. The molecule has 178 valence electrons. The summed E-state index contributed by atoms with van der Waals surface area (Å²) in [7, 11) is 5.96. The highest BCUT2D eigenvalue weighted by Crippen LogP contribution is 2.67. The van der Waals surface area contributed by atoms with Crippen molar-refractivity contribution in [3.63, 3.8) is 0 Å². The van der Waals surface area contributed by atoms with E-state index in [9.17, 15) is 0 Å². The van der Waals surface area contributed by atoms with Crippen LogP contribution in [0.15, 0.2) is 11.6 Å². The van der Waals surface area contributed by atoms with Crippen LogP contribution in [0.4, 0.5) is 0 Å². The highest BCUT2D eigenvalue weighted by Gasteiger charge is 2.59. The third-order valence-electron chi connectivity index (χ3n) is 10.5. The van der Waals surface area contributed by atoms with Gasteiger partial charge in [-0.15, -0.1) is 0 Å². The lowest BCUT2D eigenvalue weighted by Crippen LogP contribution is -2.50. The number of nitrogens with one attached hydrogen (secondary N) is 1. The van der Waals surface area contributed by atoms with Crippen LogP contribution in [0.5, 0.6) is 0 Å². The zero-order chi connectivity index (χ0) is 22.2. The molecule has 0 heterocycles. The summed E-state index contributed by atoms with van der Waals surface area (Å²) in [6, 6.07) is 0. The molecule has 3 heteroatoms. The van der Waals surface area contributed by atoms with Crippen LogP contribution in [0.25, 0.3) is 0 Å². The molecular weight excluding hydrogens is 414 g/mol.